The highest BCUT2D eigenvalue weighted by Gasteiger charge is 2.29. The van der Waals surface area contributed by atoms with Gasteiger partial charge in [0.05, 0.1) is 0 Å². The number of carbonyl (C=O) groups is 1. The maximum absolute atomic E-state index is 12.8. The molecule has 0 radical (unpaired) electrons. The maximum atomic E-state index is 12.8. The highest BCUT2D eigenvalue weighted by Crippen LogP contribution is 2.32. The third-order valence-electron chi connectivity index (χ3n) is 4.92. The van der Waals surface area contributed by atoms with Crippen LogP contribution in [0.2, 0.25) is 0 Å². The normalized spacial score (nSPS) is 19.4. The summed E-state index contributed by atoms with van der Waals surface area (Å²) in [7, 11) is 0. The Morgan fingerprint density at radius 1 is 1.19 bits per heavy atom. The predicted octanol–water partition coefficient (Wildman–Crippen LogP) is 3.05. The second-order valence-electron chi connectivity index (χ2n) is 6.43. The number of nitrogens with two attached hydrogens (primary N) is 1. The van der Waals surface area contributed by atoms with Crippen molar-refractivity contribution in [2.24, 2.45) is 11.7 Å². The lowest BCUT2D eigenvalue weighted by molar-refractivity contribution is -0.123. The number of anilines is 1. The molecule has 2 N–H and O–H groups in total. The molecule has 1 aromatic carbocycles. The molecule has 0 unspecified atom stereocenters. The van der Waals surface area contributed by atoms with Gasteiger partial charge in [0.15, 0.2) is 0 Å². The fourth-order valence-electron chi connectivity index (χ4n) is 3.77. The van der Waals surface area contributed by atoms with Crippen molar-refractivity contribution in [3.8, 4) is 0 Å². The van der Waals surface area contributed by atoms with Gasteiger partial charge in [-0.15, -0.1) is 0 Å². The van der Waals surface area contributed by atoms with Gasteiger partial charge in [-0.3, -0.25) is 4.79 Å². The molecule has 0 bridgehead atoms. The van der Waals surface area contributed by atoms with Gasteiger partial charge in [0, 0.05) is 18.2 Å². The Balaban J connectivity index is 1.81. The van der Waals surface area contributed by atoms with Crippen LogP contribution in [-0.2, 0) is 17.6 Å². The van der Waals surface area contributed by atoms with Crippen molar-refractivity contribution < 1.29 is 4.79 Å². The maximum Gasteiger partial charge on any atom is 0.230 e. The molecule has 1 aliphatic heterocycles. The second-order valence-corrected chi connectivity index (χ2v) is 6.43. The zero-order valence-corrected chi connectivity index (χ0v) is 12.8. The first-order valence-corrected chi connectivity index (χ1v) is 8.43. The minimum absolute atomic E-state index is 0.258. The quantitative estimate of drug-likeness (QED) is 0.928. The molecule has 1 aliphatic carbocycles. The van der Waals surface area contributed by atoms with Crippen LogP contribution in [0, 0.1) is 5.92 Å². The summed E-state index contributed by atoms with van der Waals surface area (Å²) in [5, 5.41) is 0. The van der Waals surface area contributed by atoms with E-state index in [1.54, 1.807) is 0 Å². The number of hydrogen-bond donors (Lipinski definition) is 1. The van der Waals surface area contributed by atoms with Gasteiger partial charge in [0.25, 0.3) is 0 Å². The van der Waals surface area contributed by atoms with Crippen LogP contribution in [0.1, 0.15) is 49.7 Å². The molecule has 114 valence electrons. The van der Waals surface area contributed by atoms with E-state index in [2.05, 4.69) is 23.1 Å². The summed E-state index contributed by atoms with van der Waals surface area (Å²) >= 11 is 0. The third-order valence-corrected chi connectivity index (χ3v) is 4.92. The van der Waals surface area contributed by atoms with Crippen LogP contribution in [0.3, 0.4) is 0 Å². The van der Waals surface area contributed by atoms with Gasteiger partial charge in [0.1, 0.15) is 0 Å². The molecular weight excluding hydrogens is 260 g/mol. The minimum atomic E-state index is 0.258. The molecule has 2 aliphatic rings. The fourth-order valence-corrected chi connectivity index (χ4v) is 3.77. The Labute approximate surface area is 127 Å². The molecule has 0 atom stereocenters. The summed E-state index contributed by atoms with van der Waals surface area (Å²) in [4.78, 5) is 14.9. The number of aryl methyl sites for hydroxylation is 1. The molecule has 1 aromatic rings. The Kier molecular flexibility index (Phi) is 4.59. The molecule has 1 amide bonds. The van der Waals surface area contributed by atoms with Gasteiger partial charge in [-0.25, -0.2) is 0 Å². The van der Waals surface area contributed by atoms with Gasteiger partial charge in [-0.2, -0.15) is 0 Å². The summed E-state index contributed by atoms with van der Waals surface area (Å²) in [5.74, 6) is 0.621. The van der Waals surface area contributed by atoms with E-state index < -0.39 is 0 Å². The molecule has 3 rings (SSSR count). The van der Waals surface area contributed by atoms with Crippen LogP contribution in [-0.4, -0.2) is 19.0 Å². The predicted molar refractivity (Wildman–Crippen MR) is 86.4 cm³/mol. The molecule has 3 nitrogen and oxygen atoms in total. The number of carbonyl (C=O) groups excluding carboxylic acids is 1. The van der Waals surface area contributed by atoms with E-state index in [0.717, 1.165) is 44.3 Å². The van der Waals surface area contributed by atoms with Crippen molar-refractivity contribution in [1.82, 2.24) is 0 Å². The van der Waals surface area contributed by atoms with Gasteiger partial charge in [-0.1, -0.05) is 31.4 Å². The van der Waals surface area contributed by atoms with Crippen molar-refractivity contribution in [3.63, 3.8) is 0 Å². The van der Waals surface area contributed by atoms with Crippen molar-refractivity contribution in [1.29, 1.82) is 0 Å². The molecule has 0 saturated heterocycles. The summed E-state index contributed by atoms with van der Waals surface area (Å²) in [6.45, 7) is 1.57. The van der Waals surface area contributed by atoms with E-state index in [1.807, 2.05) is 0 Å². The standard InChI is InChI=1S/C18H26N2O/c19-11-10-14-8-9-17-16(13-14)7-4-12-20(17)18(21)15-5-2-1-3-6-15/h8-9,13,15H,1-7,10-12,19H2. The second kappa shape index (κ2) is 6.61. The van der Waals surface area contributed by atoms with Crippen LogP contribution in [0.5, 0.6) is 0 Å². The first-order chi connectivity index (χ1) is 10.3. The molecule has 1 heterocycles. The Hall–Kier alpha value is -1.35. The van der Waals surface area contributed by atoms with Crippen LogP contribution in [0.4, 0.5) is 5.69 Å². The van der Waals surface area contributed by atoms with Crippen molar-refractivity contribution in [3.05, 3.63) is 29.3 Å². The lowest BCUT2D eigenvalue weighted by Gasteiger charge is -2.34. The smallest absolute Gasteiger partial charge is 0.230 e. The Morgan fingerprint density at radius 2 is 2.00 bits per heavy atom. The SMILES string of the molecule is NCCc1ccc2c(c1)CCCN2C(=O)C1CCCCC1. The van der Waals surface area contributed by atoms with Crippen LogP contribution in [0.25, 0.3) is 0 Å². The first-order valence-electron chi connectivity index (χ1n) is 8.43. The van der Waals surface area contributed by atoms with Crippen LogP contribution >= 0.6 is 0 Å². The van der Waals surface area contributed by atoms with Gasteiger partial charge in [0.2, 0.25) is 5.91 Å². The van der Waals surface area contributed by atoms with Crippen molar-refractivity contribution in [2.45, 2.75) is 51.4 Å². The zero-order chi connectivity index (χ0) is 14.7. The van der Waals surface area contributed by atoms with E-state index in [9.17, 15) is 4.79 Å². The largest absolute Gasteiger partial charge is 0.330 e. The minimum Gasteiger partial charge on any atom is -0.330 e. The molecule has 21 heavy (non-hydrogen) atoms. The fraction of sp³-hybridized carbons (Fsp3) is 0.611. The highest BCUT2D eigenvalue weighted by atomic mass is 16.2. The summed E-state index contributed by atoms with van der Waals surface area (Å²) < 4.78 is 0. The monoisotopic (exact) mass is 286 g/mol. The molecule has 3 heteroatoms. The molecule has 1 fully saturated rings. The van der Waals surface area contributed by atoms with Crippen LogP contribution < -0.4 is 10.6 Å². The Bertz CT molecular complexity index is 506. The van der Waals surface area contributed by atoms with E-state index in [0.29, 0.717) is 12.5 Å². The number of nitrogens with zero attached hydrogens (tertiary/aromatic N) is 1. The lowest BCUT2D eigenvalue weighted by atomic mass is 9.87. The van der Waals surface area contributed by atoms with E-state index in [4.69, 9.17) is 5.73 Å². The number of fused-ring (bicyclic) bond motifs is 1. The van der Waals surface area contributed by atoms with Crippen LogP contribution in [0.15, 0.2) is 18.2 Å². The molecule has 0 spiro atoms. The third kappa shape index (κ3) is 3.13. The number of amides is 1. The highest BCUT2D eigenvalue weighted by molar-refractivity contribution is 5.96. The van der Waals surface area contributed by atoms with E-state index in [1.165, 1.54) is 30.4 Å². The molecule has 1 saturated carbocycles. The van der Waals surface area contributed by atoms with E-state index >= 15 is 0 Å². The number of hydrogen-bond acceptors (Lipinski definition) is 2. The van der Waals surface area contributed by atoms with Gasteiger partial charge < -0.3 is 10.6 Å². The van der Waals surface area contributed by atoms with Gasteiger partial charge in [-0.05, 0) is 55.8 Å². The van der Waals surface area contributed by atoms with E-state index in [-0.39, 0.29) is 5.92 Å². The molecular formula is C18H26N2O. The lowest BCUT2D eigenvalue weighted by Crippen LogP contribution is -2.40. The molecule has 0 aromatic heterocycles. The zero-order valence-electron chi connectivity index (χ0n) is 12.8. The number of benzene rings is 1. The summed E-state index contributed by atoms with van der Waals surface area (Å²) in [6.07, 6.45) is 8.97. The summed E-state index contributed by atoms with van der Waals surface area (Å²) in [6, 6.07) is 6.53. The number of rotatable bonds is 3. The average Bonchev–Trinajstić information content (AvgIpc) is 2.54. The first kappa shape index (κ1) is 14.6. The summed E-state index contributed by atoms with van der Waals surface area (Å²) in [5.41, 5.74) is 9.42. The van der Waals surface area contributed by atoms with Crippen molar-refractivity contribution >= 4 is 11.6 Å². The Morgan fingerprint density at radius 3 is 2.76 bits per heavy atom. The topological polar surface area (TPSA) is 46.3 Å². The van der Waals surface area contributed by atoms with Gasteiger partial charge >= 0.3 is 0 Å². The van der Waals surface area contributed by atoms with Crippen molar-refractivity contribution in [2.75, 3.05) is 18.0 Å². The average molecular weight is 286 g/mol.